The van der Waals surface area contributed by atoms with Gasteiger partial charge in [-0.25, -0.2) is 13.1 Å². The van der Waals surface area contributed by atoms with Crippen molar-refractivity contribution in [1.82, 2.24) is 4.72 Å². The maximum Gasteiger partial charge on any atom is 1.00 e. The minimum absolute atomic E-state index is 0. The number of aliphatic carboxylic acids is 1. The smallest absolute Gasteiger partial charge is 0.480 e. The van der Waals surface area contributed by atoms with Crippen molar-refractivity contribution in [2.45, 2.75) is 23.8 Å². The van der Waals surface area contributed by atoms with E-state index in [1.165, 1.54) is 12.1 Å². The number of hydrogen-bond donors (Lipinski definition) is 3. The van der Waals surface area contributed by atoms with Crippen molar-refractivity contribution >= 4 is 33.3 Å². The molecule has 1 atom stereocenters. The van der Waals surface area contributed by atoms with Crippen LogP contribution in [0.5, 0.6) is 0 Å². The Kier molecular flexibility index (Phi) is 7.12. The molecule has 0 aliphatic heterocycles. The molecule has 0 spiro atoms. The third kappa shape index (κ3) is 5.22. The Labute approximate surface area is 179 Å². The normalized spacial score (nSPS) is 15.8. The van der Waals surface area contributed by atoms with Gasteiger partial charge < -0.3 is 10.4 Å². The summed E-state index contributed by atoms with van der Waals surface area (Å²) in [5.41, 5.74) is 2.78. The van der Waals surface area contributed by atoms with Gasteiger partial charge in [-0.15, -0.1) is 0 Å². The number of anilines is 1. The van der Waals surface area contributed by atoms with Crippen molar-refractivity contribution in [2.75, 3.05) is 11.9 Å². The molecule has 1 aliphatic carbocycles. The summed E-state index contributed by atoms with van der Waals surface area (Å²) in [6, 6.07) is 11.4. The third-order valence-electron chi connectivity index (χ3n) is 4.03. The number of nitrogens with one attached hydrogen (secondary N) is 2. The standard InChI is InChI=1S/C17H17ClN2O4S.Na/c18-13-2-5-16(6-3-13)25(23,24)20-15-7-11-1-4-14(8-12(11)9-15)19-10-17(21)22;/h1-6,8,15,19-20H,7,9-10H2,(H,21,22);/q;+1. The Hall–Kier alpha value is -1.09. The summed E-state index contributed by atoms with van der Waals surface area (Å²) in [6.07, 6.45) is 1.16. The van der Waals surface area contributed by atoms with Crippen LogP contribution in [0, 0.1) is 0 Å². The molecule has 0 saturated carbocycles. The zero-order chi connectivity index (χ0) is 18.0. The van der Waals surface area contributed by atoms with Crippen molar-refractivity contribution in [2.24, 2.45) is 0 Å². The molecule has 132 valence electrons. The van der Waals surface area contributed by atoms with Crippen LogP contribution in [0.3, 0.4) is 0 Å². The van der Waals surface area contributed by atoms with Gasteiger partial charge in [0, 0.05) is 16.8 Å². The van der Waals surface area contributed by atoms with E-state index in [-0.39, 0.29) is 47.0 Å². The fourth-order valence-corrected chi connectivity index (χ4v) is 4.25. The molecule has 3 rings (SSSR count). The van der Waals surface area contributed by atoms with Crippen LogP contribution in [0.15, 0.2) is 47.4 Å². The van der Waals surface area contributed by atoms with Gasteiger partial charge in [0.15, 0.2) is 0 Å². The molecule has 0 fully saturated rings. The summed E-state index contributed by atoms with van der Waals surface area (Å²) in [6.45, 7) is -0.161. The number of carbonyl (C=O) groups is 1. The molecule has 1 aliphatic rings. The van der Waals surface area contributed by atoms with E-state index in [1.807, 2.05) is 12.1 Å². The summed E-state index contributed by atoms with van der Waals surface area (Å²) in [5.74, 6) is -0.936. The molecule has 0 radical (unpaired) electrons. The van der Waals surface area contributed by atoms with Crippen molar-refractivity contribution in [3.8, 4) is 0 Å². The van der Waals surface area contributed by atoms with Crippen LogP contribution in [-0.2, 0) is 27.7 Å². The zero-order valence-corrected chi connectivity index (χ0v) is 17.8. The largest absolute Gasteiger partial charge is 1.00 e. The van der Waals surface area contributed by atoms with Crippen molar-refractivity contribution in [1.29, 1.82) is 0 Å². The molecule has 6 nitrogen and oxygen atoms in total. The first-order valence-electron chi connectivity index (χ1n) is 7.69. The first-order valence-corrected chi connectivity index (χ1v) is 9.55. The van der Waals surface area contributed by atoms with Crippen LogP contribution < -0.4 is 39.6 Å². The number of fused-ring (bicyclic) bond motifs is 1. The predicted octanol–water partition coefficient (Wildman–Crippen LogP) is -0.714. The molecule has 2 aromatic rings. The Morgan fingerprint density at radius 3 is 2.42 bits per heavy atom. The van der Waals surface area contributed by atoms with E-state index < -0.39 is 16.0 Å². The molecular formula is C17H17ClN2NaO4S+. The summed E-state index contributed by atoms with van der Waals surface area (Å²) >= 11 is 5.80. The van der Waals surface area contributed by atoms with E-state index in [2.05, 4.69) is 10.0 Å². The van der Waals surface area contributed by atoms with Crippen LogP contribution in [0.1, 0.15) is 11.1 Å². The second kappa shape index (κ2) is 8.73. The second-order valence-corrected chi connectivity index (χ2v) is 8.06. The maximum atomic E-state index is 12.5. The summed E-state index contributed by atoms with van der Waals surface area (Å²) < 4.78 is 27.6. The minimum atomic E-state index is -3.61. The first-order chi connectivity index (χ1) is 11.8. The Balaban J connectivity index is 0.00000243. The Bertz CT molecular complexity index is 903. The van der Waals surface area contributed by atoms with E-state index in [0.717, 1.165) is 11.1 Å². The van der Waals surface area contributed by atoms with Gasteiger partial charge in [0.05, 0.1) is 4.90 Å². The maximum absolute atomic E-state index is 12.5. The third-order valence-corrected chi connectivity index (χ3v) is 5.82. The molecule has 26 heavy (non-hydrogen) atoms. The van der Waals surface area contributed by atoms with Gasteiger partial charge in [-0.2, -0.15) is 0 Å². The number of carboxylic acids is 1. The van der Waals surface area contributed by atoms with E-state index in [1.54, 1.807) is 18.2 Å². The van der Waals surface area contributed by atoms with Crippen LogP contribution >= 0.6 is 11.6 Å². The first kappa shape index (κ1) is 21.2. The molecule has 0 saturated heterocycles. The minimum Gasteiger partial charge on any atom is -0.480 e. The molecule has 0 bridgehead atoms. The molecule has 2 aromatic carbocycles. The fraction of sp³-hybridized carbons (Fsp3) is 0.235. The van der Waals surface area contributed by atoms with E-state index >= 15 is 0 Å². The van der Waals surface area contributed by atoms with Crippen LogP contribution in [0.25, 0.3) is 0 Å². The fourth-order valence-electron chi connectivity index (χ4n) is 2.89. The van der Waals surface area contributed by atoms with Crippen molar-refractivity contribution < 1.29 is 47.9 Å². The molecule has 0 aromatic heterocycles. The second-order valence-electron chi connectivity index (χ2n) is 5.91. The molecule has 9 heteroatoms. The van der Waals surface area contributed by atoms with Crippen molar-refractivity contribution in [3.63, 3.8) is 0 Å². The molecule has 0 amide bonds. The number of benzene rings is 2. The predicted molar refractivity (Wildman–Crippen MR) is 95.5 cm³/mol. The van der Waals surface area contributed by atoms with Crippen molar-refractivity contribution in [3.05, 3.63) is 58.6 Å². The van der Waals surface area contributed by atoms with Gasteiger partial charge in [-0.1, -0.05) is 17.7 Å². The number of carboxylic acid groups (broad SMARTS) is 1. The van der Waals surface area contributed by atoms with Crippen LogP contribution in [-0.4, -0.2) is 32.1 Å². The Morgan fingerprint density at radius 2 is 1.77 bits per heavy atom. The van der Waals surface area contributed by atoms with E-state index in [0.29, 0.717) is 23.6 Å². The summed E-state index contributed by atoms with van der Waals surface area (Å²) in [4.78, 5) is 10.8. The zero-order valence-electron chi connectivity index (χ0n) is 14.2. The molecule has 1 unspecified atom stereocenters. The van der Waals surface area contributed by atoms with Crippen LogP contribution in [0.4, 0.5) is 5.69 Å². The van der Waals surface area contributed by atoms with E-state index in [4.69, 9.17) is 16.7 Å². The number of hydrogen-bond acceptors (Lipinski definition) is 4. The number of halogens is 1. The van der Waals surface area contributed by atoms with Gasteiger partial charge in [0.1, 0.15) is 6.54 Å². The average molecular weight is 404 g/mol. The SMILES string of the molecule is O=C(O)CNc1ccc2c(c1)CC(NS(=O)(=O)c1ccc(Cl)cc1)C2.[Na+]. The summed E-state index contributed by atoms with van der Waals surface area (Å²) in [5, 5.41) is 12.0. The number of rotatable bonds is 6. The van der Waals surface area contributed by atoms with Gasteiger partial charge in [-0.3, -0.25) is 4.79 Å². The van der Waals surface area contributed by atoms with Gasteiger partial charge in [0.2, 0.25) is 10.0 Å². The van der Waals surface area contributed by atoms with Gasteiger partial charge >= 0.3 is 35.5 Å². The van der Waals surface area contributed by atoms with Gasteiger partial charge in [0.25, 0.3) is 0 Å². The topological polar surface area (TPSA) is 95.5 Å². The Morgan fingerprint density at radius 1 is 1.12 bits per heavy atom. The van der Waals surface area contributed by atoms with Crippen LogP contribution in [0.2, 0.25) is 5.02 Å². The molecule has 3 N–H and O–H groups in total. The quantitative estimate of drug-likeness (QED) is 0.554. The molecular weight excluding hydrogens is 387 g/mol. The average Bonchev–Trinajstić information content (AvgIpc) is 2.93. The van der Waals surface area contributed by atoms with E-state index in [9.17, 15) is 13.2 Å². The van der Waals surface area contributed by atoms with Gasteiger partial charge in [-0.05, 0) is 60.4 Å². The number of sulfonamides is 1. The monoisotopic (exact) mass is 403 g/mol. The summed E-state index contributed by atoms with van der Waals surface area (Å²) in [7, 11) is -3.61. The molecule has 0 heterocycles.